The molecule has 6 heteroatoms. The van der Waals surface area contributed by atoms with Crippen LogP contribution < -0.4 is 0 Å². The van der Waals surface area contributed by atoms with E-state index in [1.54, 1.807) is 30.5 Å². The summed E-state index contributed by atoms with van der Waals surface area (Å²) in [6.07, 6.45) is 1.77. The Morgan fingerprint density at radius 1 is 0.957 bits per heavy atom. The molecule has 1 aliphatic heterocycles. The van der Waals surface area contributed by atoms with Gasteiger partial charge >= 0.3 is 5.97 Å². The number of carbonyl (C=O) groups is 3. The fourth-order valence-corrected chi connectivity index (χ4v) is 3.05. The predicted octanol–water partition coefficient (Wildman–Crippen LogP) is 2.85. The Bertz CT molecular complexity index is 740. The van der Waals surface area contributed by atoms with Gasteiger partial charge in [0.05, 0.1) is 11.1 Å². The summed E-state index contributed by atoms with van der Waals surface area (Å²) >= 11 is 1.28. The molecule has 0 aromatic heterocycles. The number of benzene rings is 2. The van der Waals surface area contributed by atoms with E-state index >= 15 is 0 Å². The smallest absolute Gasteiger partial charge is 0.328 e. The first-order valence-corrected chi connectivity index (χ1v) is 8.19. The second-order valence-corrected chi connectivity index (χ2v) is 5.83. The summed E-state index contributed by atoms with van der Waals surface area (Å²) in [5, 5.41) is -0.0698. The van der Waals surface area contributed by atoms with Gasteiger partial charge in [0.2, 0.25) is 0 Å². The predicted molar refractivity (Wildman–Crippen MR) is 85.7 cm³/mol. The van der Waals surface area contributed by atoms with E-state index in [0.29, 0.717) is 5.06 Å². The molecule has 0 saturated carbocycles. The van der Waals surface area contributed by atoms with E-state index in [9.17, 15) is 14.4 Å². The number of imide groups is 1. The van der Waals surface area contributed by atoms with Gasteiger partial charge < -0.3 is 4.84 Å². The summed E-state index contributed by atoms with van der Waals surface area (Å²) in [7, 11) is 0. The van der Waals surface area contributed by atoms with Crippen LogP contribution in [0.15, 0.2) is 54.6 Å². The zero-order chi connectivity index (χ0) is 16.4. The lowest BCUT2D eigenvalue weighted by Gasteiger charge is -2.17. The molecule has 0 radical (unpaired) electrons. The van der Waals surface area contributed by atoms with Crippen molar-refractivity contribution in [1.82, 2.24) is 5.06 Å². The first-order chi connectivity index (χ1) is 11.1. The van der Waals surface area contributed by atoms with E-state index < -0.39 is 23.0 Å². The van der Waals surface area contributed by atoms with Gasteiger partial charge in [-0.1, -0.05) is 47.5 Å². The van der Waals surface area contributed by atoms with Gasteiger partial charge in [0.1, 0.15) is 5.25 Å². The number of nitrogens with zero attached hydrogens (tertiary/aromatic N) is 1. The monoisotopic (exact) mass is 327 g/mol. The maximum Gasteiger partial charge on any atom is 0.350 e. The lowest BCUT2D eigenvalue weighted by Crippen LogP contribution is -2.34. The average Bonchev–Trinajstić information content (AvgIpc) is 2.82. The summed E-state index contributed by atoms with van der Waals surface area (Å²) in [5.41, 5.74) is 1.23. The minimum Gasteiger partial charge on any atom is -0.328 e. The van der Waals surface area contributed by atoms with Crippen LogP contribution in [0.1, 0.15) is 31.5 Å². The van der Waals surface area contributed by atoms with Gasteiger partial charge in [-0.2, -0.15) is 0 Å². The summed E-state index contributed by atoms with van der Waals surface area (Å²) in [6, 6.07) is 15.4. The standard InChI is InChI=1S/C17H13NO4S/c1-23-14(11-7-3-2-4-8-11)17(21)22-18-15(19)12-9-5-6-10-13(12)16(18)20/h2-10,14H,1H3. The van der Waals surface area contributed by atoms with Crippen molar-refractivity contribution in [2.45, 2.75) is 5.25 Å². The lowest BCUT2D eigenvalue weighted by molar-refractivity contribution is -0.167. The topological polar surface area (TPSA) is 63.7 Å². The molecule has 0 spiro atoms. The van der Waals surface area contributed by atoms with Crippen LogP contribution in [0.5, 0.6) is 0 Å². The van der Waals surface area contributed by atoms with Crippen molar-refractivity contribution in [3.8, 4) is 0 Å². The Hall–Kier alpha value is -2.60. The fraction of sp³-hybridized carbons (Fsp3) is 0.118. The molecule has 0 N–H and O–H groups in total. The Kier molecular flexibility index (Phi) is 4.16. The molecule has 1 heterocycles. The summed E-state index contributed by atoms with van der Waals surface area (Å²) < 4.78 is 0. The van der Waals surface area contributed by atoms with Crippen molar-refractivity contribution in [3.63, 3.8) is 0 Å². The van der Waals surface area contributed by atoms with E-state index in [0.717, 1.165) is 5.56 Å². The molecule has 1 aliphatic rings. The fourth-order valence-electron chi connectivity index (χ4n) is 2.38. The van der Waals surface area contributed by atoms with Gasteiger partial charge in [0.15, 0.2) is 0 Å². The molecule has 0 bridgehead atoms. The number of carbonyl (C=O) groups excluding carboxylic acids is 3. The highest BCUT2D eigenvalue weighted by atomic mass is 32.2. The summed E-state index contributed by atoms with van der Waals surface area (Å²) in [4.78, 5) is 41.9. The Balaban J connectivity index is 1.81. The highest BCUT2D eigenvalue weighted by Gasteiger charge is 2.39. The van der Waals surface area contributed by atoms with E-state index in [2.05, 4.69) is 0 Å². The Morgan fingerprint density at radius 3 is 2.00 bits per heavy atom. The van der Waals surface area contributed by atoms with Gasteiger partial charge in [0, 0.05) is 0 Å². The van der Waals surface area contributed by atoms with Crippen molar-refractivity contribution in [2.75, 3.05) is 6.26 Å². The zero-order valence-corrected chi connectivity index (χ0v) is 13.1. The Labute approximate surface area is 137 Å². The number of thioether (sulfide) groups is 1. The maximum absolute atomic E-state index is 12.4. The molecule has 5 nitrogen and oxygen atoms in total. The molecule has 3 rings (SSSR count). The van der Waals surface area contributed by atoms with Crippen LogP contribution in [0.4, 0.5) is 0 Å². The van der Waals surface area contributed by atoms with Crippen LogP contribution in [0.3, 0.4) is 0 Å². The molecule has 2 aromatic rings. The van der Waals surface area contributed by atoms with Crippen molar-refractivity contribution >= 4 is 29.5 Å². The first kappa shape index (κ1) is 15.3. The molecule has 0 aliphatic carbocycles. The zero-order valence-electron chi connectivity index (χ0n) is 12.3. The van der Waals surface area contributed by atoms with Crippen LogP contribution in [-0.4, -0.2) is 29.1 Å². The third kappa shape index (κ3) is 2.73. The van der Waals surface area contributed by atoms with Crippen LogP contribution in [0.2, 0.25) is 0 Å². The van der Waals surface area contributed by atoms with Crippen LogP contribution in [0.25, 0.3) is 0 Å². The number of amides is 2. The molecule has 1 atom stereocenters. The summed E-state index contributed by atoms with van der Waals surface area (Å²) in [5.74, 6) is -1.89. The van der Waals surface area contributed by atoms with Gasteiger partial charge in [-0.3, -0.25) is 9.59 Å². The van der Waals surface area contributed by atoms with Crippen molar-refractivity contribution in [2.24, 2.45) is 0 Å². The number of hydrogen-bond donors (Lipinski definition) is 0. The highest BCUT2D eigenvalue weighted by Crippen LogP contribution is 2.30. The molecule has 116 valence electrons. The van der Waals surface area contributed by atoms with Gasteiger partial charge in [-0.25, -0.2) is 4.79 Å². The third-order valence-electron chi connectivity index (χ3n) is 3.49. The van der Waals surface area contributed by atoms with Crippen molar-refractivity contribution < 1.29 is 19.2 Å². The van der Waals surface area contributed by atoms with E-state index in [-0.39, 0.29) is 11.1 Å². The van der Waals surface area contributed by atoms with E-state index in [4.69, 9.17) is 4.84 Å². The molecule has 23 heavy (non-hydrogen) atoms. The number of rotatable bonds is 4. The SMILES string of the molecule is CSC(C(=O)ON1C(=O)c2ccccc2C1=O)c1ccccc1. The second kappa shape index (κ2) is 6.26. The molecule has 0 saturated heterocycles. The van der Waals surface area contributed by atoms with Gasteiger partial charge in [0.25, 0.3) is 11.8 Å². The molecule has 0 fully saturated rings. The highest BCUT2D eigenvalue weighted by molar-refractivity contribution is 7.99. The molecule has 2 amide bonds. The van der Waals surface area contributed by atoms with E-state index in [1.165, 1.54) is 23.9 Å². The summed E-state index contributed by atoms with van der Waals surface area (Å²) in [6.45, 7) is 0. The normalized spacial score (nSPS) is 14.6. The largest absolute Gasteiger partial charge is 0.350 e. The van der Waals surface area contributed by atoms with Crippen molar-refractivity contribution in [3.05, 3.63) is 71.3 Å². The second-order valence-electron chi connectivity index (χ2n) is 4.89. The first-order valence-electron chi connectivity index (χ1n) is 6.91. The van der Waals surface area contributed by atoms with Crippen LogP contribution in [-0.2, 0) is 9.63 Å². The molecular weight excluding hydrogens is 314 g/mol. The lowest BCUT2D eigenvalue weighted by atomic mass is 10.1. The van der Waals surface area contributed by atoms with Crippen molar-refractivity contribution in [1.29, 1.82) is 0 Å². The molecule has 1 unspecified atom stereocenters. The number of fused-ring (bicyclic) bond motifs is 1. The van der Waals surface area contributed by atoms with E-state index in [1.807, 2.05) is 18.2 Å². The van der Waals surface area contributed by atoms with Crippen LogP contribution in [0, 0.1) is 0 Å². The van der Waals surface area contributed by atoms with Gasteiger partial charge in [-0.05, 0) is 24.0 Å². The Morgan fingerprint density at radius 2 is 1.48 bits per heavy atom. The third-order valence-corrected chi connectivity index (χ3v) is 4.43. The van der Waals surface area contributed by atoms with Gasteiger partial charge in [-0.15, -0.1) is 11.8 Å². The maximum atomic E-state index is 12.4. The number of hydroxylamine groups is 2. The van der Waals surface area contributed by atoms with Crippen LogP contribution >= 0.6 is 11.8 Å². The number of hydrogen-bond acceptors (Lipinski definition) is 5. The quantitative estimate of drug-likeness (QED) is 0.808. The minimum absolute atomic E-state index is 0.241. The molecular formula is C17H13NO4S. The molecule has 2 aromatic carbocycles. The average molecular weight is 327 g/mol. The minimum atomic E-state index is -0.654.